The Morgan fingerprint density at radius 3 is 2.62 bits per heavy atom. The quantitative estimate of drug-likeness (QED) is 0.687. The molecule has 0 aliphatic carbocycles. The van der Waals surface area contributed by atoms with Crippen molar-refractivity contribution >= 4 is 5.82 Å². The van der Waals surface area contributed by atoms with E-state index >= 15 is 0 Å². The average molecular weight is 392 g/mol. The average Bonchev–Trinajstić information content (AvgIpc) is 2.76. The number of hydrogen-bond acceptors (Lipinski definition) is 5. The van der Waals surface area contributed by atoms with Gasteiger partial charge in [-0.1, -0.05) is 38.1 Å². The topological polar surface area (TPSA) is 50.3 Å². The summed E-state index contributed by atoms with van der Waals surface area (Å²) < 4.78 is 20.5. The lowest BCUT2D eigenvalue weighted by atomic mass is 9.92. The highest BCUT2D eigenvalue weighted by atomic mass is 19.1. The Morgan fingerprint density at radius 1 is 1.03 bits per heavy atom. The number of ether oxygens (including phenoxy) is 1. The minimum atomic E-state index is -0.294. The molecule has 6 heteroatoms. The molecule has 1 saturated heterocycles. The predicted molar refractivity (Wildman–Crippen MR) is 113 cm³/mol. The molecule has 0 spiro atoms. The van der Waals surface area contributed by atoms with Crippen LogP contribution in [0.2, 0.25) is 0 Å². The SMILES string of the molecule is CC(C)c1ccccc1-c1cc(F)ccc1Oc1cncnc1N1CCNCC1. The van der Waals surface area contributed by atoms with Crippen molar-refractivity contribution in [1.82, 2.24) is 15.3 Å². The molecule has 1 N–H and O–H groups in total. The molecule has 2 aromatic carbocycles. The van der Waals surface area contributed by atoms with Gasteiger partial charge in [-0.05, 0) is 35.2 Å². The number of aromatic nitrogens is 2. The summed E-state index contributed by atoms with van der Waals surface area (Å²) in [5, 5.41) is 3.34. The summed E-state index contributed by atoms with van der Waals surface area (Å²) in [6.07, 6.45) is 3.20. The lowest BCUT2D eigenvalue weighted by Crippen LogP contribution is -2.44. The van der Waals surface area contributed by atoms with E-state index in [-0.39, 0.29) is 5.82 Å². The van der Waals surface area contributed by atoms with Gasteiger partial charge in [0, 0.05) is 31.7 Å². The summed E-state index contributed by atoms with van der Waals surface area (Å²) in [6.45, 7) is 7.75. The fraction of sp³-hybridized carbons (Fsp3) is 0.304. The number of benzene rings is 2. The Balaban J connectivity index is 1.75. The second kappa shape index (κ2) is 8.57. The first-order valence-corrected chi connectivity index (χ1v) is 9.96. The van der Waals surface area contributed by atoms with Crippen LogP contribution in [0.4, 0.5) is 10.2 Å². The Hall–Kier alpha value is -2.99. The summed E-state index contributed by atoms with van der Waals surface area (Å²) in [6, 6.07) is 12.7. The molecule has 2 heterocycles. The minimum Gasteiger partial charge on any atom is -0.451 e. The summed E-state index contributed by atoms with van der Waals surface area (Å²) in [5.74, 6) is 1.93. The number of nitrogens with one attached hydrogen (secondary N) is 1. The van der Waals surface area contributed by atoms with Crippen LogP contribution in [0.15, 0.2) is 55.0 Å². The minimum absolute atomic E-state index is 0.294. The lowest BCUT2D eigenvalue weighted by Gasteiger charge is -2.29. The van der Waals surface area contributed by atoms with Crippen LogP contribution in [0.3, 0.4) is 0 Å². The molecule has 150 valence electrons. The molecule has 1 aliphatic heterocycles. The first kappa shape index (κ1) is 19.3. The van der Waals surface area contributed by atoms with E-state index in [1.165, 1.54) is 18.5 Å². The summed E-state index contributed by atoms with van der Waals surface area (Å²) in [4.78, 5) is 10.8. The van der Waals surface area contributed by atoms with Crippen LogP contribution in [0, 0.1) is 5.82 Å². The monoisotopic (exact) mass is 392 g/mol. The number of piperazine rings is 1. The molecule has 29 heavy (non-hydrogen) atoms. The van der Waals surface area contributed by atoms with Gasteiger partial charge >= 0.3 is 0 Å². The molecule has 3 aromatic rings. The third-order valence-corrected chi connectivity index (χ3v) is 5.11. The molecule has 5 nitrogen and oxygen atoms in total. The molecule has 1 aromatic heterocycles. The molecule has 0 atom stereocenters. The van der Waals surface area contributed by atoms with Gasteiger partial charge in [0.25, 0.3) is 0 Å². The predicted octanol–water partition coefficient (Wildman–Crippen LogP) is 4.61. The third-order valence-electron chi connectivity index (χ3n) is 5.11. The molecule has 0 radical (unpaired) electrons. The second-order valence-corrected chi connectivity index (χ2v) is 7.43. The summed E-state index contributed by atoms with van der Waals surface area (Å²) in [5.41, 5.74) is 2.84. The molecule has 1 fully saturated rings. The van der Waals surface area contributed by atoms with E-state index in [0.29, 0.717) is 17.4 Å². The van der Waals surface area contributed by atoms with Crippen LogP contribution < -0.4 is 15.0 Å². The van der Waals surface area contributed by atoms with Crippen molar-refractivity contribution in [3.05, 3.63) is 66.4 Å². The van der Waals surface area contributed by atoms with Crippen molar-refractivity contribution in [2.45, 2.75) is 19.8 Å². The number of hydrogen-bond donors (Lipinski definition) is 1. The Labute approximate surface area is 170 Å². The van der Waals surface area contributed by atoms with E-state index in [1.54, 1.807) is 12.3 Å². The Kier molecular flexibility index (Phi) is 5.71. The second-order valence-electron chi connectivity index (χ2n) is 7.43. The Morgan fingerprint density at radius 2 is 1.83 bits per heavy atom. The van der Waals surface area contributed by atoms with Gasteiger partial charge in [0.05, 0.1) is 6.20 Å². The van der Waals surface area contributed by atoms with E-state index in [1.807, 2.05) is 18.2 Å². The zero-order chi connectivity index (χ0) is 20.2. The van der Waals surface area contributed by atoms with Crippen molar-refractivity contribution in [3.63, 3.8) is 0 Å². The largest absolute Gasteiger partial charge is 0.451 e. The fourth-order valence-electron chi connectivity index (χ4n) is 3.66. The molecular weight excluding hydrogens is 367 g/mol. The highest BCUT2D eigenvalue weighted by Gasteiger charge is 2.19. The highest BCUT2D eigenvalue weighted by Crippen LogP contribution is 2.39. The molecule has 0 unspecified atom stereocenters. The van der Waals surface area contributed by atoms with Crippen LogP contribution in [0.1, 0.15) is 25.3 Å². The van der Waals surface area contributed by atoms with Crippen molar-refractivity contribution in [2.75, 3.05) is 31.1 Å². The standard InChI is InChI=1S/C23H25FN4O/c1-16(2)18-5-3-4-6-19(18)20-13-17(24)7-8-21(20)29-22-14-26-15-27-23(22)28-11-9-25-10-12-28/h3-8,13-16,25H,9-12H2,1-2H3. The van der Waals surface area contributed by atoms with Gasteiger partial charge in [0.1, 0.15) is 17.9 Å². The molecular formula is C23H25FN4O. The number of rotatable bonds is 5. The van der Waals surface area contributed by atoms with E-state index in [0.717, 1.165) is 48.7 Å². The first-order valence-electron chi connectivity index (χ1n) is 9.96. The van der Waals surface area contributed by atoms with Crippen molar-refractivity contribution in [3.8, 4) is 22.6 Å². The van der Waals surface area contributed by atoms with Crippen LogP contribution in [0.25, 0.3) is 11.1 Å². The van der Waals surface area contributed by atoms with Gasteiger partial charge in [-0.3, -0.25) is 0 Å². The van der Waals surface area contributed by atoms with E-state index in [2.05, 4.69) is 40.1 Å². The van der Waals surface area contributed by atoms with E-state index < -0.39 is 0 Å². The highest BCUT2D eigenvalue weighted by molar-refractivity contribution is 5.74. The van der Waals surface area contributed by atoms with Gasteiger partial charge < -0.3 is 15.0 Å². The normalized spacial score (nSPS) is 14.3. The number of halogens is 1. The Bertz CT molecular complexity index is 986. The summed E-state index contributed by atoms with van der Waals surface area (Å²) in [7, 11) is 0. The van der Waals surface area contributed by atoms with Crippen molar-refractivity contribution in [1.29, 1.82) is 0 Å². The van der Waals surface area contributed by atoms with Crippen LogP contribution in [0.5, 0.6) is 11.5 Å². The number of anilines is 1. The first-order chi connectivity index (χ1) is 14.1. The molecule has 0 bridgehead atoms. The van der Waals surface area contributed by atoms with Gasteiger partial charge in [0.2, 0.25) is 0 Å². The van der Waals surface area contributed by atoms with Gasteiger partial charge in [-0.25, -0.2) is 14.4 Å². The van der Waals surface area contributed by atoms with Gasteiger partial charge in [0.15, 0.2) is 11.6 Å². The molecule has 0 saturated carbocycles. The zero-order valence-corrected chi connectivity index (χ0v) is 16.7. The fourth-order valence-corrected chi connectivity index (χ4v) is 3.66. The number of nitrogens with zero attached hydrogens (tertiary/aromatic N) is 3. The lowest BCUT2D eigenvalue weighted by molar-refractivity contribution is 0.472. The van der Waals surface area contributed by atoms with Crippen molar-refractivity contribution < 1.29 is 9.13 Å². The maximum absolute atomic E-state index is 14.2. The summed E-state index contributed by atoms with van der Waals surface area (Å²) >= 11 is 0. The maximum atomic E-state index is 14.2. The van der Waals surface area contributed by atoms with Gasteiger partial charge in [-0.15, -0.1) is 0 Å². The van der Waals surface area contributed by atoms with E-state index in [4.69, 9.17) is 4.74 Å². The van der Waals surface area contributed by atoms with E-state index in [9.17, 15) is 4.39 Å². The van der Waals surface area contributed by atoms with Crippen molar-refractivity contribution in [2.24, 2.45) is 0 Å². The maximum Gasteiger partial charge on any atom is 0.188 e. The molecule has 1 aliphatic rings. The zero-order valence-electron chi connectivity index (χ0n) is 16.7. The molecule has 0 amide bonds. The van der Waals surface area contributed by atoms with Crippen LogP contribution in [-0.2, 0) is 0 Å². The molecule has 4 rings (SSSR count). The van der Waals surface area contributed by atoms with Crippen LogP contribution >= 0.6 is 0 Å². The third kappa shape index (κ3) is 4.22. The smallest absolute Gasteiger partial charge is 0.188 e. The van der Waals surface area contributed by atoms with Gasteiger partial charge in [-0.2, -0.15) is 0 Å². The van der Waals surface area contributed by atoms with Crippen LogP contribution in [-0.4, -0.2) is 36.1 Å².